The van der Waals surface area contributed by atoms with Crippen LogP contribution in [0.4, 0.5) is 24.8 Å². The molecule has 0 unspecified atom stereocenters. The number of aromatic nitrogens is 3. The number of rotatable bonds is 9. The summed E-state index contributed by atoms with van der Waals surface area (Å²) >= 11 is 12.1. The molecule has 11 heteroatoms. The molecule has 36 heavy (non-hydrogen) atoms. The SMILES string of the molecule is C=C/C=C(\C=C)CCn1c(=O)nc(Nc2cccc(C(F)(F)F)c2)n(Cc2ccc(Cl)c(Cl)c2)c1=O. The van der Waals surface area contributed by atoms with Crippen LogP contribution in [0.5, 0.6) is 0 Å². The van der Waals surface area contributed by atoms with Gasteiger partial charge >= 0.3 is 17.6 Å². The maximum absolute atomic E-state index is 13.4. The van der Waals surface area contributed by atoms with Crippen molar-refractivity contribution >= 4 is 34.8 Å². The Hall–Kier alpha value is -3.56. The Balaban J connectivity index is 2.09. The van der Waals surface area contributed by atoms with E-state index in [1.54, 1.807) is 36.4 Å². The van der Waals surface area contributed by atoms with Crippen LogP contribution in [0.2, 0.25) is 10.0 Å². The monoisotopic (exact) mass is 536 g/mol. The highest BCUT2D eigenvalue weighted by Gasteiger charge is 2.30. The summed E-state index contributed by atoms with van der Waals surface area (Å²) in [4.78, 5) is 30.1. The smallest absolute Gasteiger partial charge is 0.325 e. The first-order valence-corrected chi connectivity index (χ1v) is 11.3. The minimum atomic E-state index is -4.57. The second-order valence-electron chi connectivity index (χ2n) is 7.62. The number of hydrogen-bond donors (Lipinski definition) is 1. The molecule has 0 amide bonds. The Morgan fingerprint density at radius 3 is 2.44 bits per heavy atom. The normalized spacial score (nSPS) is 11.9. The zero-order chi connectivity index (χ0) is 26.5. The summed E-state index contributed by atoms with van der Waals surface area (Å²) < 4.78 is 41.6. The third-order valence-electron chi connectivity index (χ3n) is 5.14. The minimum Gasteiger partial charge on any atom is -0.325 e. The van der Waals surface area contributed by atoms with Crippen LogP contribution >= 0.6 is 23.2 Å². The van der Waals surface area contributed by atoms with Gasteiger partial charge in [-0.1, -0.05) is 66.7 Å². The summed E-state index contributed by atoms with van der Waals surface area (Å²) in [6.07, 6.45) is 0.569. The van der Waals surface area contributed by atoms with Crippen molar-refractivity contribution in [1.29, 1.82) is 0 Å². The number of nitrogens with zero attached hydrogens (tertiary/aromatic N) is 3. The maximum Gasteiger partial charge on any atom is 0.416 e. The molecule has 1 heterocycles. The molecule has 2 aromatic carbocycles. The lowest BCUT2D eigenvalue weighted by atomic mass is 10.1. The number of nitrogens with one attached hydrogen (secondary N) is 1. The van der Waals surface area contributed by atoms with E-state index >= 15 is 0 Å². The lowest BCUT2D eigenvalue weighted by molar-refractivity contribution is -0.137. The molecule has 0 spiro atoms. The fourth-order valence-corrected chi connectivity index (χ4v) is 3.65. The van der Waals surface area contributed by atoms with Crippen LogP contribution in [0.15, 0.2) is 89.0 Å². The minimum absolute atomic E-state index is 0.000349. The fraction of sp³-hybridized carbons (Fsp3) is 0.160. The second kappa shape index (κ2) is 11.5. The summed E-state index contributed by atoms with van der Waals surface area (Å²) in [5.74, 6) is -0.225. The molecule has 0 aliphatic rings. The van der Waals surface area contributed by atoms with Gasteiger partial charge in [-0.25, -0.2) is 14.2 Å². The van der Waals surface area contributed by atoms with E-state index in [2.05, 4.69) is 23.5 Å². The molecule has 3 rings (SSSR count). The van der Waals surface area contributed by atoms with Crippen molar-refractivity contribution in [3.8, 4) is 0 Å². The quantitative estimate of drug-likeness (QED) is 0.330. The summed E-state index contributed by atoms with van der Waals surface area (Å²) in [6.45, 7) is 7.23. The molecule has 0 atom stereocenters. The highest BCUT2D eigenvalue weighted by atomic mass is 35.5. The molecule has 0 aliphatic heterocycles. The molecule has 0 saturated heterocycles. The van der Waals surface area contributed by atoms with Gasteiger partial charge in [-0.2, -0.15) is 18.2 Å². The lowest BCUT2D eigenvalue weighted by Crippen LogP contribution is -2.42. The van der Waals surface area contributed by atoms with Gasteiger partial charge in [0.2, 0.25) is 5.95 Å². The zero-order valence-electron chi connectivity index (χ0n) is 18.9. The summed E-state index contributed by atoms with van der Waals surface area (Å²) in [7, 11) is 0. The highest BCUT2D eigenvalue weighted by Crippen LogP contribution is 2.31. The largest absolute Gasteiger partial charge is 0.416 e. The molecule has 1 N–H and O–H groups in total. The summed E-state index contributed by atoms with van der Waals surface area (Å²) in [5.41, 5.74) is -1.16. The van der Waals surface area contributed by atoms with Gasteiger partial charge in [0.1, 0.15) is 0 Å². The number of halogens is 5. The van der Waals surface area contributed by atoms with Crippen molar-refractivity contribution in [3.63, 3.8) is 0 Å². The van der Waals surface area contributed by atoms with Crippen molar-refractivity contribution in [3.05, 3.63) is 122 Å². The van der Waals surface area contributed by atoms with E-state index in [0.717, 1.165) is 26.8 Å². The van der Waals surface area contributed by atoms with Crippen LogP contribution in [-0.4, -0.2) is 14.1 Å². The first-order valence-electron chi connectivity index (χ1n) is 10.6. The predicted octanol–water partition coefficient (Wildman–Crippen LogP) is 6.21. The van der Waals surface area contributed by atoms with E-state index in [1.807, 2.05) is 0 Å². The van der Waals surface area contributed by atoms with E-state index in [0.29, 0.717) is 17.0 Å². The first-order chi connectivity index (χ1) is 17.0. The van der Waals surface area contributed by atoms with Crippen molar-refractivity contribution < 1.29 is 13.2 Å². The Morgan fingerprint density at radius 2 is 1.81 bits per heavy atom. The van der Waals surface area contributed by atoms with E-state index < -0.39 is 23.1 Å². The molecule has 188 valence electrons. The van der Waals surface area contributed by atoms with Crippen LogP contribution < -0.4 is 16.7 Å². The highest BCUT2D eigenvalue weighted by molar-refractivity contribution is 6.42. The average Bonchev–Trinajstić information content (AvgIpc) is 2.82. The van der Waals surface area contributed by atoms with Gasteiger partial charge in [0.25, 0.3) is 0 Å². The maximum atomic E-state index is 13.4. The van der Waals surface area contributed by atoms with Gasteiger partial charge in [-0.3, -0.25) is 4.57 Å². The number of anilines is 2. The van der Waals surface area contributed by atoms with Crippen LogP contribution in [0.3, 0.4) is 0 Å². The Kier molecular flexibility index (Phi) is 8.60. The van der Waals surface area contributed by atoms with Gasteiger partial charge in [0.05, 0.1) is 22.2 Å². The van der Waals surface area contributed by atoms with Gasteiger partial charge in [-0.05, 0) is 47.9 Å². The summed E-state index contributed by atoms with van der Waals surface area (Å²) in [6, 6.07) is 9.06. The molecule has 6 nitrogen and oxygen atoms in total. The molecule has 0 fully saturated rings. The van der Waals surface area contributed by atoms with Crippen LogP contribution in [0.25, 0.3) is 0 Å². The molecule has 0 aliphatic carbocycles. The van der Waals surface area contributed by atoms with E-state index in [-0.39, 0.29) is 29.7 Å². The molecule has 1 aromatic heterocycles. The number of hydrogen-bond acceptors (Lipinski definition) is 4. The molecule has 3 aromatic rings. The lowest BCUT2D eigenvalue weighted by Gasteiger charge is -2.17. The van der Waals surface area contributed by atoms with Gasteiger partial charge < -0.3 is 5.32 Å². The molecular weight excluding hydrogens is 516 g/mol. The van der Waals surface area contributed by atoms with Crippen molar-refractivity contribution in [2.45, 2.75) is 25.7 Å². The third kappa shape index (κ3) is 6.56. The molecule has 0 saturated carbocycles. The third-order valence-corrected chi connectivity index (χ3v) is 5.88. The van der Waals surface area contributed by atoms with Crippen molar-refractivity contribution in [2.75, 3.05) is 5.32 Å². The topological polar surface area (TPSA) is 68.9 Å². The van der Waals surface area contributed by atoms with E-state index in [9.17, 15) is 22.8 Å². The van der Waals surface area contributed by atoms with Gasteiger partial charge in [-0.15, -0.1) is 0 Å². The molecule has 0 bridgehead atoms. The summed E-state index contributed by atoms with van der Waals surface area (Å²) in [5, 5.41) is 3.24. The number of allylic oxidation sites excluding steroid dienone is 4. The molecular formula is C25H21Cl2F3N4O2. The zero-order valence-corrected chi connectivity index (χ0v) is 20.4. The van der Waals surface area contributed by atoms with Crippen molar-refractivity contribution in [1.82, 2.24) is 14.1 Å². The van der Waals surface area contributed by atoms with Crippen LogP contribution in [0.1, 0.15) is 17.5 Å². The van der Waals surface area contributed by atoms with Crippen LogP contribution in [-0.2, 0) is 19.3 Å². The average molecular weight is 537 g/mol. The van der Waals surface area contributed by atoms with Gasteiger partial charge in [0, 0.05) is 12.2 Å². The number of alkyl halides is 3. The Bertz CT molecular complexity index is 1440. The predicted molar refractivity (Wildman–Crippen MR) is 136 cm³/mol. The molecule has 0 radical (unpaired) electrons. The Morgan fingerprint density at radius 1 is 1.06 bits per heavy atom. The first kappa shape index (κ1) is 27.0. The van der Waals surface area contributed by atoms with Gasteiger partial charge in [0.15, 0.2) is 0 Å². The fourth-order valence-electron chi connectivity index (χ4n) is 3.33. The van der Waals surface area contributed by atoms with Crippen LogP contribution in [0, 0.1) is 0 Å². The van der Waals surface area contributed by atoms with Crippen molar-refractivity contribution in [2.24, 2.45) is 0 Å². The Labute approximate surface area is 214 Å². The second-order valence-corrected chi connectivity index (χ2v) is 8.44. The standard InChI is InChI=1S/C25H21Cl2F3N4O2/c1-3-6-16(4-2)11-12-33-23(35)32-22(31-19-8-5-7-18(14-19)25(28,29)30)34(24(33)36)15-17-9-10-20(26)21(27)13-17/h3-10,13-14H,1-2,11-12,15H2,(H,31,32,35)/b16-6+. The van der Waals surface area contributed by atoms with E-state index in [1.165, 1.54) is 12.1 Å². The number of benzene rings is 2. The van der Waals surface area contributed by atoms with E-state index in [4.69, 9.17) is 23.2 Å².